The normalized spacial score (nSPS) is 11.4. The monoisotopic (exact) mass is 381 g/mol. The zero-order valence-corrected chi connectivity index (χ0v) is 14.2. The molecule has 0 saturated heterocycles. The van der Waals surface area contributed by atoms with Crippen LogP contribution >= 0.6 is 34.7 Å². The Morgan fingerprint density at radius 2 is 2.14 bits per heavy atom. The number of nitrogens with zero attached hydrogens (tertiary/aromatic N) is 2. The van der Waals surface area contributed by atoms with Gasteiger partial charge in [0.1, 0.15) is 21.5 Å². The molecular weight excluding hydrogens is 373 g/mol. The number of carbonyl (C=O) groups is 1. The highest BCUT2D eigenvalue weighted by molar-refractivity contribution is 7.89. The van der Waals surface area contributed by atoms with E-state index in [1.165, 1.54) is 19.2 Å². The van der Waals surface area contributed by atoms with Crippen LogP contribution < -0.4 is 4.72 Å². The molecule has 0 atom stereocenters. The molecule has 1 N–H and O–H groups in total. The van der Waals surface area contributed by atoms with Crippen molar-refractivity contribution in [1.82, 2.24) is 14.3 Å². The van der Waals surface area contributed by atoms with Gasteiger partial charge in [-0.05, 0) is 25.2 Å². The lowest BCUT2D eigenvalue weighted by atomic mass is 10.2. The molecule has 0 amide bonds. The van der Waals surface area contributed by atoms with Gasteiger partial charge in [-0.1, -0.05) is 27.7 Å². The lowest BCUT2D eigenvalue weighted by Gasteiger charge is -2.08. The van der Waals surface area contributed by atoms with E-state index in [4.69, 9.17) is 27.9 Å². The Kier molecular flexibility index (Phi) is 5.35. The molecule has 2 aromatic rings. The van der Waals surface area contributed by atoms with E-state index in [9.17, 15) is 13.2 Å². The first-order valence-corrected chi connectivity index (χ1v) is 8.73. The minimum absolute atomic E-state index is 0.00218. The van der Waals surface area contributed by atoms with E-state index in [1.54, 1.807) is 0 Å². The Hall–Kier alpha value is -1.26. The molecule has 0 aliphatic carbocycles. The van der Waals surface area contributed by atoms with Crippen LogP contribution in [0.5, 0.6) is 0 Å². The zero-order chi connectivity index (χ0) is 16.3. The minimum atomic E-state index is -3.78. The predicted octanol–water partition coefficient (Wildman–Crippen LogP) is 2.11. The van der Waals surface area contributed by atoms with Crippen molar-refractivity contribution >= 4 is 50.7 Å². The third-order valence-corrected chi connectivity index (χ3v) is 5.45. The quantitative estimate of drug-likeness (QED) is 0.796. The average molecular weight is 382 g/mol. The lowest BCUT2D eigenvalue weighted by molar-refractivity contribution is 0.0467. The van der Waals surface area contributed by atoms with E-state index in [2.05, 4.69) is 14.3 Å². The second-order valence-corrected chi connectivity index (χ2v) is 7.54. The summed E-state index contributed by atoms with van der Waals surface area (Å²) < 4.78 is 34.7. The first-order chi connectivity index (χ1) is 10.3. The maximum absolute atomic E-state index is 12.0. The zero-order valence-electron chi connectivity index (χ0n) is 11.0. The number of benzene rings is 1. The maximum atomic E-state index is 12.0. The number of nitrogens with one attached hydrogen (secondary N) is 1. The van der Waals surface area contributed by atoms with Crippen molar-refractivity contribution in [2.24, 2.45) is 0 Å². The molecular formula is C11H9Cl2N3O4S2. The van der Waals surface area contributed by atoms with E-state index in [-0.39, 0.29) is 22.1 Å². The van der Waals surface area contributed by atoms with E-state index >= 15 is 0 Å². The molecule has 0 fully saturated rings. The van der Waals surface area contributed by atoms with Crippen LogP contribution in [0.3, 0.4) is 0 Å². The highest BCUT2D eigenvalue weighted by Gasteiger charge is 2.19. The van der Waals surface area contributed by atoms with Gasteiger partial charge in [-0.15, -0.1) is 5.10 Å². The van der Waals surface area contributed by atoms with Gasteiger partial charge in [0.15, 0.2) is 0 Å². The fourth-order valence-electron chi connectivity index (χ4n) is 1.45. The van der Waals surface area contributed by atoms with Crippen LogP contribution in [0.15, 0.2) is 23.1 Å². The first-order valence-electron chi connectivity index (χ1n) is 5.72. The molecule has 0 aliphatic heterocycles. The summed E-state index contributed by atoms with van der Waals surface area (Å²) >= 11 is 12.6. The van der Waals surface area contributed by atoms with Crippen LogP contribution in [0, 0.1) is 0 Å². The third kappa shape index (κ3) is 3.73. The number of sulfonamides is 1. The minimum Gasteiger partial charge on any atom is -0.455 e. The average Bonchev–Trinajstić information content (AvgIpc) is 2.90. The van der Waals surface area contributed by atoms with Crippen molar-refractivity contribution in [2.45, 2.75) is 11.5 Å². The van der Waals surface area contributed by atoms with Gasteiger partial charge in [-0.3, -0.25) is 0 Å². The van der Waals surface area contributed by atoms with Gasteiger partial charge in [0.05, 0.1) is 10.6 Å². The summed E-state index contributed by atoms with van der Waals surface area (Å²) in [5.74, 6) is -0.728. The summed E-state index contributed by atoms with van der Waals surface area (Å²) in [7, 11) is -2.54. The number of halogens is 2. The summed E-state index contributed by atoms with van der Waals surface area (Å²) in [6.45, 7) is -0.162. The Bertz CT molecular complexity index is 807. The molecule has 0 saturated carbocycles. The van der Waals surface area contributed by atoms with Crippen molar-refractivity contribution in [2.75, 3.05) is 7.05 Å². The SMILES string of the molecule is CNS(=O)(=O)c1cc(C(=O)OCc2nnsc2Cl)ccc1Cl. The number of ether oxygens (including phenoxy) is 1. The second-order valence-electron chi connectivity index (χ2n) is 3.92. The van der Waals surface area contributed by atoms with Crippen LogP contribution in [0.1, 0.15) is 16.1 Å². The van der Waals surface area contributed by atoms with E-state index in [0.717, 1.165) is 17.6 Å². The topological polar surface area (TPSA) is 98.2 Å². The summed E-state index contributed by atoms with van der Waals surface area (Å²) in [5, 5.41) is 3.70. The molecule has 0 spiro atoms. The van der Waals surface area contributed by atoms with Crippen LogP contribution in [0.25, 0.3) is 0 Å². The van der Waals surface area contributed by atoms with E-state index < -0.39 is 16.0 Å². The van der Waals surface area contributed by atoms with Crippen molar-refractivity contribution < 1.29 is 17.9 Å². The van der Waals surface area contributed by atoms with Crippen LogP contribution in [0.4, 0.5) is 0 Å². The molecule has 2 rings (SSSR count). The third-order valence-electron chi connectivity index (χ3n) is 2.57. The largest absolute Gasteiger partial charge is 0.455 e. The van der Waals surface area contributed by atoms with Gasteiger partial charge in [0.2, 0.25) is 10.0 Å². The van der Waals surface area contributed by atoms with Crippen molar-refractivity contribution in [3.05, 3.63) is 38.8 Å². The first kappa shape index (κ1) is 17.1. The molecule has 22 heavy (non-hydrogen) atoms. The smallest absolute Gasteiger partial charge is 0.338 e. The van der Waals surface area contributed by atoms with Gasteiger partial charge in [-0.2, -0.15) is 0 Å². The molecule has 7 nitrogen and oxygen atoms in total. The number of esters is 1. The fourth-order valence-corrected chi connectivity index (χ4v) is 3.30. The molecule has 0 unspecified atom stereocenters. The summed E-state index contributed by atoms with van der Waals surface area (Å²) in [5.41, 5.74) is 0.370. The molecule has 1 aromatic carbocycles. The number of rotatable bonds is 5. The predicted molar refractivity (Wildman–Crippen MR) is 81.7 cm³/mol. The van der Waals surface area contributed by atoms with Gasteiger partial charge in [0, 0.05) is 11.5 Å². The molecule has 0 radical (unpaired) electrons. The van der Waals surface area contributed by atoms with Gasteiger partial charge < -0.3 is 4.74 Å². The van der Waals surface area contributed by atoms with Gasteiger partial charge in [0.25, 0.3) is 0 Å². The number of hydrogen-bond acceptors (Lipinski definition) is 7. The summed E-state index contributed by atoms with van der Waals surface area (Å²) in [6.07, 6.45) is 0. The van der Waals surface area contributed by atoms with Crippen molar-refractivity contribution in [1.29, 1.82) is 0 Å². The van der Waals surface area contributed by atoms with Crippen LogP contribution in [-0.4, -0.2) is 31.0 Å². The molecule has 1 heterocycles. The standard InChI is InChI=1S/C11H9Cl2N3O4S2/c1-14-22(18,19)9-4-6(2-3-7(9)12)11(17)20-5-8-10(13)21-16-15-8/h2-4,14H,5H2,1H3. The maximum Gasteiger partial charge on any atom is 0.338 e. The van der Waals surface area contributed by atoms with Crippen LogP contribution in [0.2, 0.25) is 9.36 Å². The molecule has 0 bridgehead atoms. The highest BCUT2D eigenvalue weighted by atomic mass is 35.5. The Labute approximate surface area is 140 Å². The molecule has 11 heteroatoms. The number of carbonyl (C=O) groups excluding carboxylic acids is 1. The van der Waals surface area contributed by atoms with Gasteiger partial charge in [-0.25, -0.2) is 17.9 Å². The van der Waals surface area contributed by atoms with Crippen molar-refractivity contribution in [3.63, 3.8) is 0 Å². The highest BCUT2D eigenvalue weighted by Crippen LogP contribution is 2.23. The van der Waals surface area contributed by atoms with Crippen LogP contribution in [-0.2, 0) is 21.4 Å². The molecule has 118 valence electrons. The van der Waals surface area contributed by atoms with E-state index in [1.807, 2.05) is 0 Å². The Morgan fingerprint density at radius 1 is 1.41 bits per heavy atom. The Balaban J connectivity index is 2.20. The molecule has 0 aliphatic rings. The Morgan fingerprint density at radius 3 is 2.73 bits per heavy atom. The lowest BCUT2D eigenvalue weighted by Crippen LogP contribution is -2.19. The van der Waals surface area contributed by atoms with E-state index in [0.29, 0.717) is 10.0 Å². The number of hydrogen-bond donors (Lipinski definition) is 1. The van der Waals surface area contributed by atoms with Gasteiger partial charge >= 0.3 is 5.97 Å². The summed E-state index contributed by atoms with van der Waals surface area (Å²) in [4.78, 5) is 11.8. The number of aromatic nitrogens is 2. The molecule has 1 aromatic heterocycles. The fraction of sp³-hybridized carbons (Fsp3) is 0.182. The second kappa shape index (κ2) is 6.88. The summed E-state index contributed by atoms with van der Waals surface area (Å²) in [6, 6.07) is 3.80. The van der Waals surface area contributed by atoms with Crippen molar-refractivity contribution in [3.8, 4) is 0 Å².